The first-order valence-corrected chi connectivity index (χ1v) is 7.18. The highest BCUT2D eigenvalue weighted by Crippen LogP contribution is 2.25. The van der Waals surface area contributed by atoms with Crippen molar-refractivity contribution in [2.75, 3.05) is 11.9 Å². The lowest BCUT2D eigenvalue weighted by molar-refractivity contribution is 0.337. The van der Waals surface area contributed by atoms with Gasteiger partial charge in [-0.2, -0.15) is 5.26 Å². The van der Waals surface area contributed by atoms with E-state index in [1.165, 1.54) is 0 Å². The number of benzene rings is 2. The van der Waals surface area contributed by atoms with E-state index in [9.17, 15) is 0 Å². The summed E-state index contributed by atoms with van der Waals surface area (Å²) < 4.78 is 6.48. The molecule has 0 bridgehead atoms. The predicted molar refractivity (Wildman–Crippen MR) is 83.8 cm³/mol. The minimum absolute atomic E-state index is 0.636. The lowest BCUT2D eigenvalue weighted by Crippen LogP contribution is -2.03. The zero-order valence-corrected chi connectivity index (χ0v) is 12.8. The Labute approximate surface area is 127 Å². The van der Waals surface area contributed by atoms with Gasteiger partial charge in [0.25, 0.3) is 0 Å². The smallest absolute Gasteiger partial charge is 0.124 e. The molecule has 0 aliphatic rings. The molecule has 0 saturated heterocycles. The van der Waals surface area contributed by atoms with E-state index in [0.717, 1.165) is 21.5 Å². The second-order valence-electron chi connectivity index (χ2n) is 4.20. The lowest BCUT2D eigenvalue weighted by atomic mass is 10.2. The van der Waals surface area contributed by atoms with Gasteiger partial charge >= 0.3 is 0 Å². The van der Waals surface area contributed by atoms with Crippen molar-refractivity contribution < 1.29 is 4.74 Å². The molecule has 0 radical (unpaired) electrons. The SMILES string of the molecule is CCOc1ccccc1CNc1ccc(C#N)cc1Br. The zero-order valence-electron chi connectivity index (χ0n) is 11.2. The number of nitrogens with zero attached hydrogens (tertiary/aromatic N) is 1. The van der Waals surface area contributed by atoms with E-state index >= 15 is 0 Å². The Morgan fingerprint density at radius 3 is 2.75 bits per heavy atom. The average molecular weight is 331 g/mol. The van der Waals surface area contributed by atoms with Gasteiger partial charge in [-0.3, -0.25) is 0 Å². The summed E-state index contributed by atoms with van der Waals surface area (Å²) in [5, 5.41) is 12.2. The van der Waals surface area contributed by atoms with Gasteiger partial charge in [-0.15, -0.1) is 0 Å². The summed E-state index contributed by atoms with van der Waals surface area (Å²) in [5.41, 5.74) is 2.69. The maximum atomic E-state index is 8.85. The van der Waals surface area contributed by atoms with Crippen LogP contribution in [-0.2, 0) is 6.54 Å². The van der Waals surface area contributed by atoms with E-state index in [4.69, 9.17) is 10.00 Å². The normalized spacial score (nSPS) is 9.85. The van der Waals surface area contributed by atoms with Crippen LogP contribution in [-0.4, -0.2) is 6.61 Å². The van der Waals surface area contributed by atoms with Gasteiger partial charge in [-0.05, 0) is 47.1 Å². The van der Waals surface area contributed by atoms with E-state index in [-0.39, 0.29) is 0 Å². The van der Waals surface area contributed by atoms with Crippen molar-refractivity contribution in [3.63, 3.8) is 0 Å². The summed E-state index contributed by atoms with van der Waals surface area (Å²) in [6, 6.07) is 15.6. The standard InChI is InChI=1S/C16H15BrN2O/c1-2-20-16-6-4-3-5-13(16)11-19-15-8-7-12(10-18)9-14(15)17/h3-9,19H,2,11H2,1H3. The highest BCUT2D eigenvalue weighted by atomic mass is 79.9. The summed E-state index contributed by atoms with van der Waals surface area (Å²) in [6.07, 6.45) is 0. The molecule has 0 unspecified atom stereocenters. The summed E-state index contributed by atoms with van der Waals surface area (Å²) >= 11 is 3.47. The van der Waals surface area contributed by atoms with E-state index < -0.39 is 0 Å². The molecule has 20 heavy (non-hydrogen) atoms. The topological polar surface area (TPSA) is 45.0 Å². The Morgan fingerprint density at radius 1 is 1.25 bits per heavy atom. The first kappa shape index (κ1) is 14.4. The van der Waals surface area contributed by atoms with Crippen LogP contribution in [0.5, 0.6) is 5.75 Å². The third-order valence-corrected chi connectivity index (χ3v) is 3.50. The highest BCUT2D eigenvalue weighted by Gasteiger charge is 2.04. The molecule has 2 rings (SSSR count). The van der Waals surface area contributed by atoms with Gasteiger partial charge in [0.05, 0.1) is 18.2 Å². The monoisotopic (exact) mass is 330 g/mol. The quantitative estimate of drug-likeness (QED) is 0.887. The van der Waals surface area contributed by atoms with Crippen LogP contribution in [0.4, 0.5) is 5.69 Å². The van der Waals surface area contributed by atoms with Gasteiger partial charge < -0.3 is 10.1 Å². The molecule has 0 aliphatic heterocycles. The summed E-state index contributed by atoms with van der Waals surface area (Å²) in [7, 11) is 0. The van der Waals surface area contributed by atoms with Gasteiger partial charge in [0.2, 0.25) is 0 Å². The first-order valence-electron chi connectivity index (χ1n) is 6.38. The van der Waals surface area contributed by atoms with Crippen LogP contribution in [0.25, 0.3) is 0 Å². The Kier molecular flexibility index (Phi) is 5.03. The van der Waals surface area contributed by atoms with Gasteiger partial charge in [-0.1, -0.05) is 18.2 Å². The average Bonchev–Trinajstić information content (AvgIpc) is 2.47. The molecule has 0 heterocycles. The summed E-state index contributed by atoms with van der Waals surface area (Å²) in [5.74, 6) is 0.896. The zero-order chi connectivity index (χ0) is 14.4. The third-order valence-electron chi connectivity index (χ3n) is 2.84. The van der Waals surface area contributed by atoms with Crippen molar-refractivity contribution in [3.8, 4) is 11.8 Å². The van der Waals surface area contributed by atoms with Gasteiger partial charge in [0.1, 0.15) is 5.75 Å². The Bertz CT molecular complexity index is 635. The highest BCUT2D eigenvalue weighted by molar-refractivity contribution is 9.10. The van der Waals surface area contributed by atoms with Crippen LogP contribution in [0.1, 0.15) is 18.1 Å². The molecule has 0 aromatic heterocycles. The van der Waals surface area contributed by atoms with E-state index in [1.807, 2.05) is 37.3 Å². The van der Waals surface area contributed by atoms with Crippen LogP contribution < -0.4 is 10.1 Å². The van der Waals surface area contributed by atoms with Crippen molar-refractivity contribution in [2.24, 2.45) is 0 Å². The molecule has 3 nitrogen and oxygen atoms in total. The number of para-hydroxylation sites is 1. The molecular formula is C16H15BrN2O. The molecule has 2 aromatic carbocycles. The number of rotatable bonds is 5. The molecular weight excluding hydrogens is 316 g/mol. The van der Waals surface area contributed by atoms with E-state index in [2.05, 4.69) is 27.3 Å². The minimum Gasteiger partial charge on any atom is -0.494 e. The molecule has 1 N–H and O–H groups in total. The van der Waals surface area contributed by atoms with Gasteiger partial charge in [0, 0.05) is 22.3 Å². The van der Waals surface area contributed by atoms with Crippen molar-refractivity contribution in [1.29, 1.82) is 5.26 Å². The molecule has 0 saturated carbocycles. The van der Waals surface area contributed by atoms with Crippen LogP contribution in [0, 0.1) is 11.3 Å². The number of anilines is 1. The van der Waals surface area contributed by atoms with Crippen molar-refractivity contribution >= 4 is 21.6 Å². The molecule has 4 heteroatoms. The van der Waals surface area contributed by atoms with E-state index in [1.54, 1.807) is 12.1 Å². The van der Waals surface area contributed by atoms with Crippen LogP contribution in [0.2, 0.25) is 0 Å². The number of hydrogen-bond donors (Lipinski definition) is 1. The first-order chi connectivity index (χ1) is 9.74. The van der Waals surface area contributed by atoms with Crippen molar-refractivity contribution in [3.05, 3.63) is 58.1 Å². The fraction of sp³-hybridized carbons (Fsp3) is 0.188. The Hall–Kier alpha value is -1.99. The van der Waals surface area contributed by atoms with Crippen LogP contribution in [0.3, 0.4) is 0 Å². The second kappa shape index (κ2) is 6.97. The summed E-state index contributed by atoms with van der Waals surface area (Å²) in [4.78, 5) is 0. The van der Waals surface area contributed by atoms with Crippen LogP contribution in [0.15, 0.2) is 46.9 Å². The van der Waals surface area contributed by atoms with Crippen molar-refractivity contribution in [1.82, 2.24) is 0 Å². The number of halogens is 1. The van der Waals surface area contributed by atoms with Crippen LogP contribution >= 0.6 is 15.9 Å². The maximum absolute atomic E-state index is 8.85. The molecule has 0 fully saturated rings. The number of nitrogens with one attached hydrogen (secondary N) is 1. The fourth-order valence-electron chi connectivity index (χ4n) is 1.86. The van der Waals surface area contributed by atoms with Gasteiger partial charge in [0.15, 0.2) is 0 Å². The van der Waals surface area contributed by atoms with E-state index in [0.29, 0.717) is 18.7 Å². The number of nitriles is 1. The number of ether oxygens (including phenoxy) is 1. The minimum atomic E-state index is 0.636. The predicted octanol–water partition coefficient (Wildman–Crippen LogP) is 4.33. The Balaban J connectivity index is 2.11. The second-order valence-corrected chi connectivity index (χ2v) is 5.06. The molecule has 102 valence electrons. The largest absolute Gasteiger partial charge is 0.494 e. The molecule has 0 atom stereocenters. The fourth-order valence-corrected chi connectivity index (χ4v) is 2.38. The molecule has 2 aromatic rings. The number of hydrogen-bond acceptors (Lipinski definition) is 3. The molecule has 0 amide bonds. The van der Waals surface area contributed by atoms with Crippen molar-refractivity contribution in [2.45, 2.75) is 13.5 Å². The molecule has 0 aliphatic carbocycles. The Morgan fingerprint density at radius 2 is 2.05 bits per heavy atom. The maximum Gasteiger partial charge on any atom is 0.124 e. The lowest BCUT2D eigenvalue weighted by Gasteiger charge is -2.12. The third kappa shape index (κ3) is 3.52. The summed E-state index contributed by atoms with van der Waals surface area (Å²) in [6.45, 7) is 3.29. The van der Waals surface area contributed by atoms with Gasteiger partial charge in [-0.25, -0.2) is 0 Å². The molecule has 0 spiro atoms.